The van der Waals surface area contributed by atoms with Crippen LogP contribution in [0.4, 0.5) is 0 Å². The minimum atomic E-state index is 0.637. The average molecular weight is 241 g/mol. The van der Waals surface area contributed by atoms with Crippen molar-refractivity contribution < 1.29 is 4.74 Å². The van der Waals surface area contributed by atoms with E-state index >= 15 is 0 Å². The largest absolute Gasteiger partial charge is 0.376 e. The van der Waals surface area contributed by atoms with Gasteiger partial charge in [0.15, 0.2) is 0 Å². The fourth-order valence-electron chi connectivity index (χ4n) is 1.78. The van der Waals surface area contributed by atoms with Crippen molar-refractivity contribution in [2.75, 3.05) is 6.61 Å². The van der Waals surface area contributed by atoms with E-state index in [4.69, 9.17) is 10.5 Å². The van der Waals surface area contributed by atoms with Crippen LogP contribution >= 0.6 is 11.3 Å². The van der Waals surface area contributed by atoms with Crippen molar-refractivity contribution in [1.82, 2.24) is 0 Å². The monoisotopic (exact) mass is 241 g/mol. The molecular formula is C13H23NOS. The number of aryl methyl sites for hydroxylation is 1. The molecule has 0 aliphatic heterocycles. The lowest BCUT2D eigenvalue weighted by Crippen LogP contribution is -2.05. The highest BCUT2D eigenvalue weighted by atomic mass is 32.1. The van der Waals surface area contributed by atoms with E-state index in [-0.39, 0.29) is 0 Å². The maximum Gasteiger partial charge on any atom is 0.0727 e. The summed E-state index contributed by atoms with van der Waals surface area (Å²) < 4.78 is 5.74. The van der Waals surface area contributed by atoms with Gasteiger partial charge in [0.25, 0.3) is 0 Å². The molecule has 0 aromatic carbocycles. The minimum Gasteiger partial charge on any atom is -0.376 e. The Kier molecular flexibility index (Phi) is 6.03. The van der Waals surface area contributed by atoms with E-state index in [1.807, 2.05) is 0 Å². The Morgan fingerprint density at radius 3 is 2.81 bits per heavy atom. The van der Waals surface area contributed by atoms with Crippen molar-refractivity contribution in [1.29, 1.82) is 0 Å². The lowest BCUT2D eigenvalue weighted by atomic mass is 10.1. The van der Waals surface area contributed by atoms with Gasteiger partial charge in [0.05, 0.1) is 6.61 Å². The van der Waals surface area contributed by atoms with Crippen LogP contribution < -0.4 is 5.73 Å². The zero-order chi connectivity index (χ0) is 12.0. The van der Waals surface area contributed by atoms with Crippen LogP contribution in [0.2, 0.25) is 0 Å². The second-order valence-corrected chi connectivity index (χ2v) is 5.75. The summed E-state index contributed by atoms with van der Waals surface area (Å²) in [4.78, 5) is 2.58. The third-order valence-electron chi connectivity index (χ3n) is 2.71. The van der Waals surface area contributed by atoms with Gasteiger partial charge in [-0.15, -0.1) is 11.3 Å². The smallest absolute Gasteiger partial charge is 0.0727 e. The van der Waals surface area contributed by atoms with Gasteiger partial charge in [0.1, 0.15) is 0 Å². The van der Waals surface area contributed by atoms with E-state index in [1.165, 1.54) is 28.2 Å². The zero-order valence-electron chi connectivity index (χ0n) is 10.6. The number of ether oxygens (including phenoxy) is 1. The number of hydrogen-bond donors (Lipinski definition) is 1. The summed E-state index contributed by atoms with van der Waals surface area (Å²) >= 11 is 1.78. The molecule has 0 radical (unpaired) electrons. The maximum absolute atomic E-state index is 5.74. The molecule has 1 unspecified atom stereocenters. The first-order valence-electron chi connectivity index (χ1n) is 6.03. The van der Waals surface area contributed by atoms with Crippen LogP contribution in [0.15, 0.2) is 6.07 Å². The molecule has 1 atom stereocenters. The Balaban J connectivity index is 2.33. The molecule has 2 nitrogen and oxygen atoms in total. The van der Waals surface area contributed by atoms with Gasteiger partial charge in [-0.1, -0.05) is 20.3 Å². The SMILES string of the molecule is CCCC(C)COCc1cc(CN)sc1C. The average Bonchev–Trinajstić information content (AvgIpc) is 2.60. The molecule has 0 bridgehead atoms. The fourth-order valence-corrected chi connectivity index (χ4v) is 2.70. The highest BCUT2D eigenvalue weighted by Gasteiger charge is 2.06. The fraction of sp³-hybridized carbons (Fsp3) is 0.692. The van der Waals surface area contributed by atoms with E-state index in [1.54, 1.807) is 11.3 Å². The lowest BCUT2D eigenvalue weighted by Gasteiger charge is -2.10. The van der Waals surface area contributed by atoms with Crippen LogP contribution in [-0.2, 0) is 17.9 Å². The Bertz CT molecular complexity index is 309. The molecule has 0 amide bonds. The van der Waals surface area contributed by atoms with Gasteiger partial charge in [-0.2, -0.15) is 0 Å². The number of nitrogens with two attached hydrogens (primary N) is 1. The van der Waals surface area contributed by atoms with Crippen molar-refractivity contribution >= 4 is 11.3 Å². The molecule has 0 fully saturated rings. The highest BCUT2D eigenvalue weighted by molar-refractivity contribution is 7.12. The van der Waals surface area contributed by atoms with Gasteiger partial charge in [-0.3, -0.25) is 0 Å². The van der Waals surface area contributed by atoms with Gasteiger partial charge in [-0.05, 0) is 30.9 Å². The summed E-state index contributed by atoms with van der Waals surface area (Å²) in [6, 6.07) is 2.17. The van der Waals surface area contributed by atoms with E-state index in [2.05, 4.69) is 26.8 Å². The van der Waals surface area contributed by atoms with Crippen molar-refractivity contribution in [3.05, 3.63) is 21.4 Å². The van der Waals surface area contributed by atoms with E-state index in [9.17, 15) is 0 Å². The van der Waals surface area contributed by atoms with E-state index < -0.39 is 0 Å². The summed E-state index contributed by atoms with van der Waals surface area (Å²) in [5.41, 5.74) is 6.92. The summed E-state index contributed by atoms with van der Waals surface area (Å²) in [7, 11) is 0. The van der Waals surface area contributed by atoms with E-state index in [0.29, 0.717) is 12.5 Å². The predicted octanol–water partition coefficient (Wildman–Crippen LogP) is 3.47. The first kappa shape index (κ1) is 13.7. The van der Waals surface area contributed by atoms with Crippen LogP contribution in [0.25, 0.3) is 0 Å². The molecule has 0 spiro atoms. The van der Waals surface area contributed by atoms with Crippen molar-refractivity contribution in [3.8, 4) is 0 Å². The molecule has 0 saturated carbocycles. The zero-order valence-corrected chi connectivity index (χ0v) is 11.4. The molecule has 3 heteroatoms. The maximum atomic E-state index is 5.74. The molecule has 1 aromatic rings. The summed E-state index contributed by atoms with van der Waals surface area (Å²) in [5.74, 6) is 0.665. The van der Waals surface area contributed by atoms with Gasteiger partial charge in [0, 0.05) is 22.9 Å². The quantitative estimate of drug-likeness (QED) is 0.793. The number of thiophene rings is 1. The van der Waals surface area contributed by atoms with Crippen LogP contribution in [0.3, 0.4) is 0 Å². The topological polar surface area (TPSA) is 35.2 Å². The molecular weight excluding hydrogens is 218 g/mol. The number of hydrogen-bond acceptors (Lipinski definition) is 3. The minimum absolute atomic E-state index is 0.637. The van der Waals surface area contributed by atoms with E-state index in [0.717, 1.165) is 13.2 Å². The lowest BCUT2D eigenvalue weighted by molar-refractivity contribution is 0.0892. The first-order valence-corrected chi connectivity index (χ1v) is 6.85. The Hall–Kier alpha value is -0.380. The normalized spacial score (nSPS) is 13.0. The molecule has 16 heavy (non-hydrogen) atoms. The van der Waals surface area contributed by atoms with Gasteiger partial charge < -0.3 is 10.5 Å². The molecule has 0 aliphatic carbocycles. The highest BCUT2D eigenvalue weighted by Crippen LogP contribution is 2.22. The van der Waals surface area contributed by atoms with Gasteiger partial charge in [0.2, 0.25) is 0 Å². The Morgan fingerprint density at radius 2 is 2.25 bits per heavy atom. The van der Waals surface area contributed by atoms with Gasteiger partial charge in [-0.25, -0.2) is 0 Å². The molecule has 1 aromatic heterocycles. The van der Waals surface area contributed by atoms with Crippen LogP contribution in [-0.4, -0.2) is 6.61 Å². The Labute approximate surface area is 103 Å². The van der Waals surface area contributed by atoms with Crippen molar-refractivity contribution in [2.24, 2.45) is 11.7 Å². The van der Waals surface area contributed by atoms with Crippen molar-refractivity contribution in [2.45, 2.75) is 46.8 Å². The molecule has 1 rings (SSSR count). The summed E-state index contributed by atoms with van der Waals surface area (Å²) in [5, 5.41) is 0. The van der Waals surface area contributed by atoms with Crippen LogP contribution in [0, 0.1) is 12.8 Å². The molecule has 1 heterocycles. The molecule has 0 aliphatic rings. The third kappa shape index (κ3) is 4.24. The van der Waals surface area contributed by atoms with Crippen LogP contribution in [0.5, 0.6) is 0 Å². The number of rotatable bonds is 7. The Morgan fingerprint density at radius 1 is 1.50 bits per heavy atom. The molecule has 92 valence electrons. The standard InChI is InChI=1S/C13H23NOS/c1-4-5-10(2)8-15-9-12-6-13(7-14)16-11(12)3/h6,10H,4-5,7-9,14H2,1-3H3. The predicted molar refractivity (Wildman–Crippen MR) is 70.7 cm³/mol. The third-order valence-corrected chi connectivity index (χ3v) is 3.83. The first-order chi connectivity index (χ1) is 7.67. The second kappa shape index (κ2) is 7.05. The summed E-state index contributed by atoms with van der Waals surface area (Å²) in [6.07, 6.45) is 2.48. The van der Waals surface area contributed by atoms with Gasteiger partial charge >= 0.3 is 0 Å². The van der Waals surface area contributed by atoms with Crippen LogP contribution in [0.1, 0.15) is 42.0 Å². The molecule has 2 N–H and O–H groups in total. The second-order valence-electron chi connectivity index (χ2n) is 4.41. The molecule has 0 saturated heterocycles. The summed E-state index contributed by atoms with van der Waals surface area (Å²) in [6.45, 7) is 8.83. The van der Waals surface area contributed by atoms with Crippen molar-refractivity contribution in [3.63, 3.8) is 0 Å².